The Morgan fingerprint density at radius 3 is 2.72 bits per heavy atom. The average molecular weight is 245 g/mol. The third-order valence-electron chi connectivity index (χ3n) is 4.50. The standard InChI is InChI=1S/C17H27N/c1-13-8-7-9-15(12-13)14(2)18-16-10-5-6-11-17(16,3)4/h7-9,12,14,16,18H,5-6,10-11H2,1-4H3/t14-,16?/m1/s1. The molecular formula is C17H27N. The maximum atomic E-state index is 3.85. The van der Waals surface area contributed by atoms with Gasteiger partial charge in [-0.1, -0.05) is 56.5 Å². The zero-order valence-electron chi connectivity index (χ0n) is 12.3. The molecule has 0 bridgehead atoms. The molecule has 0 aromatic heterocycles. The maximum Gasteiger partial charge on any atom is 0.0294 e. The van der Waals surface area contributed by atoms with Gasteiger partial charge in [-0.05, 0) is 37.7 Å². The lowest BCUT2D eigenvalue weighted by Gasteiger charge is -2.41. The molecule has 2 rings (SSSR count). The lowest BCUT2D eigenvalue weighted by atomic mass is 9.73. The van der Waals surface area contributed by atoms with Crippen LogP contribution in [0.3, 0.4) is 0 Å². The van der Waals surface area contributed by atoms with Crippen molar-refractivity contribution < 1.29 is 0 Å². The summed E-state index contributed by atoms with van der Waals surface area (Å²) in [6.45, 7) is 9.28. The SMILES string of the molecule is Cc1cccc([C@@H](C)NC2CCCCC2(C)C)c1. The molecule has 0 spiro atoms. The molecule has 0 amide bonds. The number of rotatable bonds is 3. The summed E-state index contributed by atoms with van der Waals surface area (Å²) in [5.74, 6) is 0. The van der Waals surface area contributed by atoms with E-state index in [4.69, 9.17) is 0 Å². The summed E-state index contributed by atoms with van der Waals surface area (Å²) in [4.78, 5) is 0. The summed E-state index contributed by atoms with van der Waals surface area (Å²) in [6, 6.07) is 9.97. The quantitative estimate of drug-likeness (QED) is 0.819. The van der Waals surface area contributed by atoms with Crippen LogP contribution >= 0.6 is 0 Å². The Hall–Kier alpha value is -0.820. The highest BCUT2D eigenvalue weighted by atomic mass is 15.0. The minimum Gasteiger partial charge on any atom is -0.307 e. The summed E-state index contributed by atoms with van der Waals surface area (Å²) >= 11 is 0. The minimum atomic E-state index is 0.441. The lowest BCUT2D eigenvalue weighted by molar-refractivity contribution is 0.157. The van der Waals surface area contributed by atoms with E-state index < -0.39 is 0 Å². The van der Waals surface area contributed by atoms with Crippen molar-refractivity contribution in [3.8, 4) is 0 Å². The second-order valence-electron chi connectivity index (χ2n) is 6.59. The molecule has 1 aromatic rings. The number of nitrogens with one attached hydrogen (secondary N) is 1. The second-order valence-corrected chi connectivity index (χ2v) is 6.59. The van der Waals surface area contributed by atoms with Gasteiger partial charge < -0.3 is 5.32 Å². The highest BCUT2D eigenvalue weighted by Crippen LogP contribution is 2.36. The van der Waals surface area contributed by atoms with Crippen molar-refractivity contribution in [2.75, 3.05) is 0 Å². The van der Waals surface area contributed by atoms with E-state index in [1.807, 2.05) is 0 Å². The van der Waals surface area contributed by atoms with E-state index in [1.54, 1.807) is 0 Å². The molecule has 0 saturated heterocycles. The van der Waals surface area contributed by atoms with Gasteiger partial charge in [0.15, 0.2) is 0 Å². The van der Waals surface area contributed by atoms with Gasteiger partial charge in [-0.15, -0.1) is 0 Å². The van der Waals surface area contributed by atoms with Crippen LogP contribution in [0.5, 0.6) is 0 Å². The molecule has 1 nitrogen and oxygen atoms in total. The highest BCUT2D eigenvalue weighted by Gasteiger charge is 2.32. The van der Waals surface area contributed by atoms with Crippen molar-refractivity contribution in [3.05, 3.63) is 35.4 Å². The average Bonchev–Trinajstić information content (AvgIpc) is 2.31. The molecular weight excluding hydrogens is 218 g/mol. The number of aryl methyl sites for hydroxylation is 1. The molecule has 1 heteroatoms. The summed E-state index contributed by atoms with van der Waals surface area (Å²) in [5.41, 5.74) is 3.21. The first-order chi connectivity index (χ1) is 8.49. The molecule has 1 fully saturated rings. The van der Waals surface area contributed by atoms with Crippen molar-refractivity contribution >= 4 is 0 Å². The molecule has 2 atom stereocenters. The molecule has 0 aliphatic heterocycles. The zero-order valence-corrected chi connectivity index (χ0v) is 12.3. The van der Waals surface area contributed by atoms with E-state index in [1.165, 1.54) is 36.8 Å². The summed E-state index contributed by atoms with van der Waals surface area (Å²) < 4.78 is 0. The van der Waals surface area contributed by atoms with Gasteiger partial charge in [-0.2, -0.15) is 0 Å². The van der Waals surface area contributed by atoms with E-state index >= 15 is 0 Å². The van der Waals surface area contributed by atoms with Crippen LogP contribution in [0.25, 0.3) is 0 Å². The Kier molecular flexibility index (Phi) is 4.11. The van der Waals surface area contributed by atoms with E-state index in [0.29, 0.717) is 17.5 Å². The first-order valence-electron chi connectivity index (χ1n) is 7.32. The third-order valence-corrected chi connectivity index (χ3v) is 4.50. The van der Waals surface area contributed by atoms with E-state index in [-0.39, 0.29) is 0 Å². The largest absolute Gasteiger partial charge is 0.307 e. The Morgan fingerprint density at radius 2 is 2.06 bits per heavy atom. The molecule has 1 N–H and O–H groups in total. The van der Waals surface area contributed by atoms with Gasteiger partial charge >= 0.3 is 0 Å². The van der Waals surface area contributed by atoms with E-state index in [2.05, 4.69) is 57.3 Å². The third kappa shape index (κ3) is 3.14. The Morgan fingerprint density at radius 1 is 1.28 bits per heavy atom. The Bertz CT molecular complexity index is 394. The molecule has 1 unspecified atom stereocenters. The smallest absolute Gasteiger partial charge is 0.0294 e. The topological polar surface area (TPSA) is 12.0 Å². The van der Waals surface area contributed by atoms with Crippen molar-refractivity contribution in [1.82, 2.24) is 5.32 Å². The van der Waals surface area contributed by atoms with Crippen LogP contribution in [0, 0.1) is 12.3 Å². The molecule has 18 heavy (non-hydrogen) atoms. The maximum absolute atomic E-state index is 3.85. The fourth-order valence-electron chi connectivity index (χ4n) is 3.14. The number of hydrogen-bond donors (Lipinski definition) is 1. The van der Waals surface area contributed by atoms with Gasteiger partial charge in [0, 0.05) is 12.1 Å². The zero-order chi connectivity index (χ0) is 13.2. The van der Waals surface area contributed by atoms with Gasteiger partial charge in [-0.25, -0.2) is 0 Å². The predicted molar refractivity (Wildman–Crippen MR) is 78.8 cm³/mol. The molecule has 0 radical (unpaired) electrons. The number of hydrogen-bond acceptors (Lipinski definition) is 1. The molecule has 0 heterocycles. The van der Waals surface area contributed by atoms with Crippen LogP contribution in [0.15, 0.2) is 24.3 Å². The van der Waals surface area contributed by atoms with Crippen molar-refractivity contribution in [2.45, 2.75) is 65.5 Å². The summed E-state index contributed by atoms with van der Waals surface area (Å²) in [7, 11) is 0. The van der Waals surface area contributed by atoms with Crippen molar-refractivity contribution in [1.29, 1.82) is 0 Å². The van der Waals surface area contributed by atoms with E-state index in [9.17, 15) is 0 Å². The monoisotopic (exact) mass is 245 g/mol. The van der Waals surface area contributed by atoms with Gasteiger partial charge in [-0.3, -0.25) is 0 Å². The molecule has 1 saturated carbocycles. The van der Waals surface area contributed by atoms with Gasteiger partial charge in [0.25, 0.3) is 0 Å². The normalized spacial score (nSPS) is 24.8. The molecule has 1 aliphatic rings. The first kappa shape index (κ1) is 13.6. The van der Waals surface area contributed by atoms with Crippen LogP contribution in [0.4, 0.5) is 0 Å². The first-order valence-corrected chi connectivity index (χ1v) is 7.32. The molecule has 1 aromatic carbocycles. The molecule has 100 valence electrons. The van der Waals surface area contributed by atoms with Crippen molar-refractivity contribution in [3.63, 3.8) is 0 Å². The highest BCUT2D eigenvalue weighted by molar-refractivity contribution is 5.24. The number of benzene rings is 1. The van der Waals surface area contributed by atoms with Crippen LogP contribution in [-0.2, 0) is 0 Å². The van der Waals surface area contributed by atoms with E-state index in [0.717, 1.165) is 0 Å². The lowest BCUT2D eigenvalue weighted by Crippen LogP contribution is -2.45. The fourth-order valence-corrected chi connectivity index (χ4v) is 3.14. The van der Waals surface area contributed by atoms with Gasteiger partial charge in [0.05, 0.1) is 0 Å². The van der Waals surface area contributed by atoms with Crippen LogP contribution in [-0.4, -0.2) is 6.04 Å². The Labute approximate surface area is 112 Å². The van der Waals surface area contributed by atoms with Crippen LogP contribution in [0.2, 0.25) is 0 Å². The van der Waals surface area contributed by atoms with Crippen LogP contribution < -0.4 is 5.32 Å². The second kappa shape index (κ2) is 5.44. The van der Waals surface area contributed by atoms with Crippen molar-refractivity contribution in [2.24, 2.45) is 5.41 Å². The summed E-state index contributed by atoms with van der Waals surface area (Å²) in [5, 5.41) is 3.85. The van der Waals surface area contributed by atoms with Gasteiger partial charge in [0.1, 0.15) is 0 Å². The van der Waals surface area contributed by atoms with Crippen LogP contribution in [0.1, 0.15) is 63.6 Å². The summed E-state index contributed by atoms with van der Waals surface area (Å²) in [6.07, 6.45) is 5.44. The molecule has 1 aliphatic carbocycles. The fraction of sp³-hybridized carbons (Fsp3) is 0.647. The van der Waals surface area contributed by atoms with Gasteiger partial charge in [0.2, 0.25) is 0 Å². The minimum absolute atomic E-state index is 0.441. The Balaban J connectivity index is 2.04. The predicted octanol–water partition coefficient (Wildman–Crippen LogP) is 4.61.